The van der Waals surface area contributed by atoms with E-state index in [0.29, 0.717) is 24.7 Å². The van der Waals surface area contributed by atoms with E-state index < -0.39 is 30.3 Å². The van der Waals surface area contributed by atoms with Gasteiger partial charge in [-0.2, -0.15) is 0 Å². The fourth-order valence-corrected chi connectivity index (χ4v) is 8.54. The minimum Gasteiger partial charge on any atom is -0.453 e. The number of benzene rings is 2. The highest BCUT2D eigenvalue weighted by Crippen LogP contribution is 2.50. The molecular formula is C41H50N8O6. The number of carbonyl (C=O) groups is 4. The average Bonchev–Trinajstić information content (AvgIpc) is 4.03. The van der Waals surface area contributed by atoms with E-state index in [9.17, 15) is 19.2 Å². The molecule has 6 atom stereocenters. The van der Waals surface area contributed by atoms with Crippen LogP contribution >= 0.6 is 0 Å². The third kappa shape index (κ3) is 7.17. The number of imidazole rings is 2. The van der Waals surface area contributed by atoms with Crippen molar-refractivity contribution in [2.75, 3.05) is 20.8 Å². The van der Waals surface area contributed by atoms with Gasteiger partial charge in [-0.15, -0.1) is 0 Å². The fraction of sp³-hybridized carbons (Fsp3) is 0.463. The van der Waals surface area contributed by atoms with Crippen LogP contribution in [-0.2, 0) is 19.1 Å². The standard InChI is InChI=1S/C41H50N8O6/c1-21(2)32(46-40(52)54-6)38(50)48-17-16-23(5)34(48)37-43-29-15-13-26(19-30(29)44-37)24-8-10-25(11-9-24)31-20-42-36(45-31)35-27-12-14-28(18-27)49(35)39(51)33(22(3)4)47-41(53)55-7/h8-11,13,15,19-22,27-28,32-35H,5,12,14,16-18H2,1-4,6-7H3,(H,42,45)(H,43,44)(H,46,52)(H,47,53)/t27-,28+,32-,33-,34-,35-/m0/s1. The molecule has 1 aliphatic carbocycles. The molecule has 2 bridgehead atoms. The Morgan fingerprint density at radius 1 is 0.836 bits per heavy atom. The number of carbonyl (C=O) groups excluding carboxylic acids is 4. The van der Waals surface area contributed by atoms with Crippen LogP contribution in [0.15, 0.2) is 60.8 Å². The molecule has 3 aliphatic rings. The van der Waals surface area contributed by atoms with E-state index in [-0.39, 0.29) is 35.7 Å². The number of nitrogens with zero attached hydrogens (tertiary/aromatic N) is 4. The number of hydrogen-bond donors (Lipinski definition) is 4. The van der Waals surface area contributed by atoms with Crippen LogP contribution in [0.5, 0.6) is 0 Å². The smallest absolute Gasteiger partial charge is 0.407 e. The number of nitrogens with one attached hydrogen (secondary N) is 4. The lowest BCUT2D eigenvalue weighted by atomic mass is 9.95. The third-order valence-electron chi connectivity index (χ3n) is 11.4. The molecule has 2 aromatic carbocycles. The van der Waals surface area contributed by atoms with Gasteiger partial charge in [0.2, 0.25) is 11.8 Å². The Morgan fingerprint density at radius 3 is 2.13 bits per heavy atom. The summed E-state index contributed by atoms with van der Waals surface area (Å²) in [5, 5.41) is 5.44. The second kappa shape index (κ2) is 15.2. The first kappa shape index (κ1) is 37.6. The molecule has 2 aromatic heterocycles. The maximum atomic E-state index is 13.9. The van der Waals surface area contributed by atoms with Crippen molar-refractivity contribution in [3.05, 3.63) is 72.5 Å². The van der Waals surface area contributed by atoms with Gasteiger partial charge in [-0.3, -0.25) is 9.59 Å². The van der Waals surface area contributed by atoms with Gasteiger partial charge in [0.15, 0.2) is 0 Å². The number of H-pyrrole nitrogens is 2. The Balaban J connectivity index is 1.08. The number of alkyl carbamates (subject to hydrolysis) is 2. The normalized spacial score (nSPS) is 21.7. The minimum absolute atomic E-state index is 0.104. The molecule has 4 amide bonds. The van der Waals surface area contributed by atoms with E-state index in [1.54, 1.807) is 4.90 Å². The molecule has 4 heterocycles. The number of hydrogen-bond acceptors (Lipinski definition) is 8. The molecule has 3 fully saturated rings. The van der Waals surface area contributed by atoms with Crippen LogP contribution < -0.4 is 10.6 Å². The molecule has 14 heteroatoms. The first-order valence-electron chi connectivity index (χ1n) is 19.0. The average molecular weight is 751 g/mol. The topological polar surface area (TPSA) is 175 Å². The van der Waals surface area contributed by atoms with Crippen molar-refractivity contribution in [3.8, 4) is 22.4 Å². The molecule has 290 valence electrons. The first-order valence-corrected chi connectivity index (χ1v) is 19.0. The second-order valence-electron chi connectivity index (χ2n) is 15.6. The van der Waals surface area contributed by atoms with Gasteiger partial charge in [0.05, 0.1) is 43.2 Å². The predicted molar refractivity (Wildman–Crippen MR) is 206 cm³/mol. The summed E-state index contributed by atoms with van der Waals surface area (Å²) in [6.45, 7) is 12.3. The highest BCUT2D eigenvalue weighted by molar-refractivity contribution is 5.88. The molecule has 2 aliphatic heterocycles. The zero-order valence-electron chi connectivity index (χ0n) is 32.2. The molecule has 4 aromatic rings. The van der Waals surface area contributed by atoms with Crippen LogP contribution in [-0.4, -0.2) is 92.6 Å². The summed E-state index contributed by atoms with van der Waals surface area (Å²) in [6, 6.07) is 12.3. The Labute approximate surface area is 320 Å². The van der Waals surface area contributed by atoms with Gasteiger partial charge < -0.3 is 39.9 Å². The molecule has 55 heavy (non-hydrogen) atoms. The maximum absolute atomic E-state index is 13.9. The summed E-state index contributed by atoms with van der Waals surface area (Å²) in [4.78, 5) is 72.1. The number of amides is 4. The maximum Gasteiger partial charge on any atom is 0.407 e. The number of likely N-dealkylation sites (tertiary alicyclic amines) is 2. The zero-order chi connectivity index (χ0) is 39.1. The Hall–Kier alpha value is -5.66. The van der Waals surface area contributed by atoms with Gasteiger partial charge in [-0.25, -0.2) is 19.6 Å². The molecule has 1 saturated carbocycles. The summed E-state index contributed by atoms with van der Waals surface area (Å²) in [5.41, 5.74) is 6.32. The van der Waals surface area contributed by atoms with E-state index in [4.69, 9.17) is 19.4 Å². The fourth-order valence-electron chi connectivity index (χ4n) is 8.54. The van der Waals surface area contributed by atoms with Crippen LogP contribution in [0.25, 0.3) is 33.4 Å². The van der Waals surface area contributed by atoms with Crippen molar-refractivity contribution < 1.29 is 28.7 Å². The van der Waals surface area contributed by atoms with Crippen LogP contribution in [0, 0.1) is 17.8 Å². The molecule has 7 rings (SSSR count). The van der Waals surface area contributed by atoms with Gasteiger partial charge in [-0.05, 0) is 77.8 Å². The van der Waals surface area contributed by atoms with Crippen LogP contribution in [0.1, 0.15) is 77.1 Å². The molecule has 0 spiro atoms. The summed E-state index contributed by atoms with van der Waals surface area (Å²) in [5.74, 6) is 1.12. The van der Waals surface area contributed by atoms with Crippen molar-refractivity contribution in [3.63, 3.8) is 0 Å². The number of ether oxygens (including phenoxy) is 2. The van der Waals surface area contributed by atoms with Gasteiger partial charge >= 0.3 is 12.2 Å². The number of piperidine rings is 1. The minimum atomic E-state index is -0.746. The Kier molecular flexibility index (Phi) is 10.4. The van der Waals surface area contributed by atoms with Crippen molar-refractivity contribution in [2.45, 2.75) is 83.6 Å². The van der Waals surface area contributed by atoms with Crippen LogP contribution in [0.2, 0.25) is 0 Å². The number of aromatic amines is 2. The number of methoxy groups -OCH3 is 2. The van der Waals surface area contributed by atoms with E-state index >= 15 is 0 Å². The lowest BCUT2D eigenvalue weighted by Gasteiger charge is -2.37. The van der Waals surface area contributed by atoms with Crippen molar-refractivity contribution >= 4 is 35.0 Å². The molecule has 2 saturated heterocycles. The first-order chi connectivity index (χ1) is 26.4. The lowest BCUT2D eigenvalue weighted by Crippen LogP contribution is -2.54. The molecule has 0 unspecified atom stereocenters. The van der Waals surface area contributed by atoms with Crippen molar-refractivity contribution in [1.82, 2.24) is 40.4 Å². The van der Waals surface area contributed by atoms with Gasteiger partial charge in [-0.1, -0.05) is 64.6 Å². The molecular weight excluding hydrogens is 701 g/mol. The van der Waals surface area contributed by atoms with Gasteiger partial charge in [0, 0.05) is 12.6 Å². The summed E-state index contributed by atoms with van der Waals surface area (Å²) in [6.07, 6.45) is 4.09. The van der Waals surface area contributed by atoms with E-state index in [2.05, 4.69) is 45.4 Å². The van der Waals surface area contributed by atoms with Crippen molar-refractivity contribution in [2.24, 2.45) is 17.8 Å². The number of fused-ring (bicyclic) bond motifs is 3. The van der Waals surface area contributed by atoms with Gasteiger partial charge in [0.25, 0.3) is 0 Å². The number of aromatic nitrogens is 4. The SMILES string of the molecule is C=C1CCN(C(=O)[C@@H](NC(=O)OC)C(C)C)[C@@H]1c1nc2ccc(-c3ccc(-c4cnc([C@@H]5[C@H]6CC[C@H](C6)N5C(=O)[C@@H](NC(=O)OC)C(C)C)[nH]4)cc3)cc2[nH]1. The highest BCUT2D eigenvalue weighted by atomic mass is 16.5. The lowest BCUT2D eigenvalue weighted by molar-refractivity contribution is -0.139. The molecule has 0 radical (unpaired) electrons. The quantitative estimate of drug-likeness (QED) is 0.137. The van der Waals surface area contributed by atoms with Gasteiger partial charge in [0.1, 0.15) is 29.8 Å². The zero-order valence-corrected chi connectivity index (χ0v) is 32.2. The van der Waals surface area contributed by atoms with E-state index in [1.165, 1.54) is 14.2 Å². The van der Waals surface area contributed by atoms with Crippen LogP contribution in [0.4, 0.5) is 9.59 Å². The Morgan fingerprint density at radius 2 is 1.47 bits per heavy atom. The highest BCUT2D eigenvalue weighted by Gasteiger charge is 2.51. The second-order valence-corrected chi connectivity index (χ2v) is 15.6. The van der Waals surface area contributed by atoms with Crippen LogP contribution in [0.3, 0.4) is 0 Å². The Bertz CT molecular complexity index is 2100. The molecule has 14 nitrogen and oxygen atoms in total. The number of rotatable bonds is 10. The monoisotopic (exact) mass is 750 g/mol. The summed E-state index contributed by atoms with van der Waals surface area (Å²) < 4.78 is 9.58. The summed E-state index contributed by atoms with van der Waals surface area (Å²) in [7, 11) is 2.58. The van der Waals surface area contributed by atoms with E-state index in [1.807, 2.05) is 63.1 Å². The predicted octanol–water partition coefficient (Wildman–Crippen LogP) is 6.26. The largest absolute Gasteiger partial charge is 0.453 e. The van der Waals surface area contributed by atoms with Crippen molar-refractivity contribution in [1.29, 1.82) is 0 Å². The molecule has 4 N–H and O–H groups in total. The van der Waals surface area contributed by atoms with E-state index in [0.717, 1.165) is 64.1 Å². The summed E-state index contributed by atoms with van der Waals surface area (Å²) >= 11 is 0. The third-order valence-corrected chi connectivity index (χ3v) is 11.4.